The number of nitrogens with one attached hydrogen (secondary N) is 1. The van der Waals surface area contributed by atoms with Gasteiger partial charge in [0.1, 0.15) is 23.7 Å². The van der Waals surface area contributed by atoms with Crippen LogP contribution in [0.25, 0.3) is 22.3 Å². The van der Waals surface area contributed by atoms with Crippen LogP contribution in [0.4, 0.5) is 24.8 Å². The van der Waals surface area contributed by atoms with Gasteiger partial charge in [-0.15, -0.1) is 0 Å². The molecule has 13 heteroatoms. The minimum absolute atomic E-state index is 0.0698. The second-order valence-electron chi connectivity index (χ2n) is 9.50. The van der Waals surface area contributed by atoms with E-state index in [9.17, 15) is 18.0 Å². The Kier molecular flexibility index (Phi) is 6.20. The molecule has 1 amide bonds. The van der Waals surface area contributed by atoms with Crippen molar-refractivity contribution in [3.63, 3.8) is 0 Å². The van der Waals surface area contributed by atoms with Crippen LogP contribution < -0.4 is 11.1 Å². The Morgan fingerprint density at radius 3 is 2.67 bits per heavy atom. The summed E-state index contributed by atoms with van der Waals surface area (Å²) in [6.07, 6.45) is 2.65. The molecule has 0 saturated carbocycles. The van der Waals surface area contributed by atoms with Crippen LogP contribution in [0.2, 0.25) is 0 Å². The average molecular weight is 548 g/mol. The van der Waals surface area contributed by atoms with Gasteiger partial charge in [-0.05, 0) is 50.5 Å². The second-order valence-corrected chi connectivity index (χ2v) is 9.50. The molecule has 1 aliphatic carbocycles. The Morgan fingerprint density at radius 1 is 1.12 bits per heavy atom. The van der Waals surface area contributed by atoms with E-state index in [2.05, 4.69) is 26.5 Å². The lowest BCUT2D eigenvalue weighted by Crippen LogP contribution is -2.18. The Hall–Kier alpha value is -4.81. The summed E-state index contributed by atoms with van der Waals surface area (Å²) in [6.45, 7) is 2.81. The first-order chi connectivity index (χ1) is 19.2. The predicted octanol–water partition coefficient (Wildman–Crippen LogP) is 4.88. The normalized spacial score (nSPS) is 15.2. The molecule has 0 saturated heterocycles. The van der Waals surface area contributed by atoms with Crippen LogP contribution in [0, 0.1) is 0 Å². The molecule has 0 aliphatic heterocycles. The van der Waals surface area contributed by atoms with Crippen LogP contribution in [0.15, 0.2) is 55.1 Å². The van der Waals surface area contributed by atoms with Crippen molar-refractivity contribution in [1.29, 1.82) is 0 Å². The van der Waals surface area contributed by atoms with E-state index in [1.807, 2.05) is 16.3 Å². The van der Waals surface area contributed by atoms with Crippen LogP contribution in [0.3, 0.4) is 0 Å². The van der Waals surface area contributed by atoms with Gasteiger partial charge in [0.15, 0.2) is 5.65 Å². The number of amides is 1. The third-order valence-corrected chi connectivity index (χ3v) is 7.01. The van der Waals surface area contributed by atoms with Gasteiger partial charge in [-0.2, -0.15) is 23.4 Å². The summed E-state index contributed by atoms with van der Waals surface area (Å²) in [6, 6.07) is 8.09. The van der Waals surface area contributed by atoms with Crippen LogP contribution in [0.1, 0.15) is 53.0 Å². The minimum Gasteiger partial charge on any atom is -0.383 e. The standard InChI is InChI=1S/C27H24F3N9O/c1-2-38-13-18-19(36-38)4-3-5-20(18)39-25-22(24(31)33-14-34-25)23(37-39)15-6-8-16(9-7-15)26(40)35-21-12-17(10-11-32-21)27(28,29)30/h6-14,20H,2-5H2,1H3,(H2,31,33,34)(H,32,35,40)/t20-/m0/s1. The maximum Gasteiger partial charge on any atom is 0.416 e. The minimum atomic E-state index is -4.54. The number of rotatable bonds is 5. The highest BCUT2D eigenvalue weighted by Crippen LogP contribution is 2.38. The highest BCUT2D eigenvalue weighted by molar-refractivity contribution is 6.04. The Labute approximate surface area is 226 Å². The van der Waals surface area contributed by atoms with Gasteiger partial charge in [0.2, 0.25) is 0 Å². The molecule has 5 aromatic rings. The van der Waals surface area contributed by atoms with Gasteiger partial charge >= 0.3 is 6.18 Å². The lowest BCUT2D eigenvalue weighted by Gasteiger charge is -2.22. The number of carbonyl (C=O) groups is 1. The number of hydrogen-bond donors (Lipinski definition) is 2. The summed E-state index contributed by atoms with van der Waals surface area (Å²) in [5.41, 5.74) is 9.63. The van der Waals surface area contributed by atoms with Crippen LogP contribution >= 0.6 is 0 Å². The van der Waals surface area contributed by atoms with Gasteiger partial charge < -0.3 is 11.1 Å². The van der Waals surface area contributed by atoms with Crippen molar-refractivity contribution >= 4 is 28.6 Å². The Balaban J connectivity index is 1.33. The molecule has 0 fully saturated rings. The van der Waals surface area contributed by atoms with Gasteiger partial charge in [-0.3, -0.25) is 9.48 Å². The molecule has 1 aromatic carbocycles. The Morgan fingerprint density at radius 2 is 1.93 bits per heavy atom. The Bertz CT molecular complexity index is 1720. The monoisotopic (exact) mass is 547 g/mol. The number of carbonyl (C=O) groups excluding carboxylic acids is 1. The zero-order valence-electron chi connectivity index (χ0n) is 21.4. The number of pyridine rings is 1. The van der Waals surface area contributed by atoms with Gasteiger partial charge in [0, 0.05) is 35.6 Å². The smallest absolute Gasteiger partial charge is 0.383 e. The molecule has 0 spiro atoms. The molecule has 10 nitrogen and oxygen atoms in total. The molecule has 4 heterocycles. The van der Waals surface area contributed by atoms with Gasteiger partial charge in [-0.1, -0.05) is 12.1 Å². The van der Waals surface area contributed by atoms with Crippen molar-refractivity contribution in [2.24, 2.45) is 0 Å². The maximum absolute atomic E-state index is 13.0. The van der Waals surface area contributed by atoms with E-state index in [-0.39, 0.29) is 23.2 Å². The number of hydrogen-bond acceptors (Lipinski definition) is 7. The topological polar surface area (TPSA) is 129 Å². The van der Waals surface area contributed by atoms with Crippen LogP contribution in [-0.2, 0) is 19.1 Å². The third-order valence-electron chi connectivity index (χ3n) is 7.01. The summed E-state index contributed by atoms with van der Waals surface area (Å²) in [7, 11) is 0. The number of halogens is 3. The quantitative estimate of drug-likeness (QED) is 0.321. The lowest BCUT2D eigenvalue weighted by atomic mass is 9.93. The van der Waals surface area contributed by atoms with Crippen molar-refractivity contribution in [3.8, 4) is 11.3 Å². The number of alkyl halides is 3. The second kappa shape index (κ2) is 9.74. The average Bonchev–Trinajstić information content (AvgIpc) is 3.55. The molecule has 4 aromatic heterocycles. The number of aromatic nitrogens is 7. The molecule has 204 valence electrons. The van der Waals surface area contributed by atoms with E-state index in [1.54, 1.807) is 24.3 Å². The molecular formula is C27H24F3N9O. The number of anilines is 2. The highest BCUT2D eigenvalue weighted by Gasteiger charge is 2.31. The third kappa shape index (κ3) is 4.52. The van der Waals surface area contributed by atoms with E-state index >= 15 is 0 Å². The zero-order chi connectivity index (χ0) is 28.0. The van der Waals surface area contributed by atoms with Crippen molar-refractivity contribution in [2.45, 2.75) is 44.9 Å². The number of benzene rings is 1. The first kappa shape index (κ1) is 25.5. The van der Waals surface area contributed by atoms with Crippen LogP contribution in [0.5, 0.6) is 0 Å². The van der Waals surface area contributed by atoms with E-state index < -0.39 is 17.6 Å². The number of fused-ring (bicyclic) bond motifs is 2. The number of nitrogens with two attached hydrogens (primary N) is 1. The van der Waals surface area contributed by atoms with E-state index in [0.717, 1.165) is 55.4 Å². The molecular weight excluding hydrogens is 523 g/mol. The van der Waals surface area contributed by atoms with Crippen molar-refractivity contribution in [2.75, 3.05) is 11.1 Å². The molecule has 0 radical (unpaired) electrons. The fraction of sp³-hybridized carbons (Fsp3) is 0.259. The number of nitrogens with zero attached hydrogens (tertiary/aromatic N) is 7. The highest BCUT2D eigenvalue weighted by atomic mass is 19.4. The van der Waals surface area contributed by atoms with E-state index in [1.165, 1.54) is 6.33 Å². The maximum atomic E-state index is 13.0. The molecule has 40 heavy (non-hydrogen) atoms. The first-order valence-corrected chi connectivity index (χ1v) is 12.7. The summed E-state index contributed by atoms with van der Waals surface area (Å²) < 4.78 is 42.8. The van der Waals surface area contributed by atoms with E-state index in [0.29, 0.717) is 22.3 Å². The fourth-order valence-electron chi connectivity index (χ4n) is 5.04. The lowest BCUT2D eigenvalue weighted by molar-refractivity contribution is -0.137. The summed E-state index contributed by atoms with van der Waals surface area (Å²) in [4.78, 5) is 25.3. The van der Waals surface area contributed by atoms with Crippen molar-refractivity contribution < 1.29 is 18.0 Å². The molecule has 1 aliphatic rings. The molecule has 0 bridgehead atoms. The molecule has 1 atom stereocenters. The van der Waals surface area contributed by atoms with E-state index in [4.69, 9.17) is 15.9 Å². The largest absolute Gasteiger partial charge is 0.416 e. The summed E-state index contributed by atoms with van der Waals surface area (Å²) >= 11 is 0. The van der Waals surface area contributed by atoms with Crippen molar-refractivity contribution in [3.05, 3.63) is 77.5 Å². The molecule has 3 N–H and O–H groups in total. The van der Waals surface area contributed by atoms with Gasteiger partial charge in [0.05, 0.1) is 22.7 Å². The SMILES string of the molecule is CCn1cc2c(n1)CCC[C@@H]2n1nc(-c2ccc(C(=O)Nc3cc(C(F)(F)F)ccn3)cc2)c2c(N)ncnc21. The molecule has 6 rings (SSSR count). The first-order valence-electron chi connectivity index (χ1n) is 12.7. The number of aryl methyl sites for hydroxylation is 2. The number of nitrogen functional groups attached to an aromatic ring is 1. The van der Waals surface area contributed by atoms with Gasteiger partial charge in [0.25, 0.3) is 5.91 Å². The zero-order valence-corrected chi connectivity index (χ0v) is 21.4. The molecule has 0 unspecified atom stereocenters. The predicted molar refractivity (Wildman–Crippen MR) is 141 cm³/mol. The van der Waals surface area contributed by atoms with Crippen molar-refractivity contribution in [1.82, 2.24) is 34.5 Å². The van der Waals surface area contributed by atoms with Gasteiger partial charge in [-0.25, -0.2) is 19.6 Å². The summed E-state index contributed by atoms with van der Waals surface area (Å²) in [5.74, 6) is -0.514. The summed E-state index contributed by atoms with van der Waals surface area (Å²) in [5, 5.41) is 12.6. The fourth-order valence-corrected chi connectivity index (χ4v) is 5.04. The van der Waals surface area contributed by atoms with Crippen LogP contribution in [-0.4, -0.2) is 40.4 Å².